The molecule has 0 fully saturated rings. The molecule has 9 heteroatoms. The number of amides is 1. The van der Waals surface area contributed by atoms with Crippen molar-refractivity contribution in [3.63, 3.8) is 0 Å². The zero-order chi connectivity index (χ0) is 20.2. The molecule has 0 atom stereocenters. The summed E-state index contributed by atoms with van der Waals surface area (Å²) in [6.45, 7) is 1.64. The zero-order valence-corrected chi connectivity index (χ0v) is 15.4. The first-order valence-electron chi connectivity index (χ1n) is 8.78. The van der Waals surface area contributed by atoms with Crippen molar-refractivity contribution < 1.29 is 9.32 Å². The smallest absolute Gasteiger partial charge is 0.278 e. The Morgan fingerprint density at radius 1 is 1.14 bits per heavy atom. The quantitative estimate of drug-likeness (QED) is 0.558. The molecule has 0 radical (unpaired) electrons. The Hall–Kier alpha value is -4.14. The van der Waals surface area contributed by atoms with Gasteiger partial charge in [0.1, 0.15) is 12.2 Å². The van der Waals surface area contributed by atoms with Gasteiger partial charge in [0.05, 0.1) is 0 Å². The molecule has 0 aliphatic heterocycles. The van der Waals surface area contributed by atoms with Gasteiger partial charge in [-0.05, 0) is 36.8 Å². The molecular weight excluding hydrogens is 372 g/mol. The second kappa shape index (κ2) is 7.85. The third-order valence-electron chi connectivity index (χ3n) is 4.14. The zero-order valence-electron chi connectivity index (χ0n) is 15.4. The lowest BCUT2D eigenvalue weighted by molar-refractivity contribution is -0.117. The molecule has 3 heterocycles. The highest BCUT2D eigenvalue weighted by Crippen LogP contribution is 2.19. The lowest BCUT2D eigenvalue weighted by Gasteiger charge is -2.09. The Labute approximate surface area is 165 Å². The van der Waals surface area contributed by atoms with Crippen molar-refractivity contribution in [2.24, 2.45) is 0 Å². The molecule has 0 unspecified atom stereocenters. The maximum atomic E-state index is 12.4. The van der Waals surface area contributed by atoms with E-state index < -0.39 is 5.56 Å². The summed E-state index contributed by atoms with van der Waals surface area (Å²) in [6, 6.07) is 13.7. The number of para-hydroxylation sites is 1. The summed E-state index contributed by atoms with van der Waals surface area (Å²) in [5.41, 5.74) is 2.16. The van der Waals surface area contributed by atoms with E-state index in [9.17, 15) is 9.59 Å². The number of hydrogen-bond donors (Lipinski definition) is 1. The van der Waals surface area contributed by atoms with Gasteiger partial charge in [0.2, 0.25) is 11.7 Å². The molecule has 144 valence electrons. The fourth-order valence-corrected chi connectivity index (χ4v) is 2.65. The van der Waals surface area contributed by atoms with Gasteiger partial charge >= 0.3 is 0 Å². The highest BCUT2D eigenvalue weighted by molar-refractivity contribution is 5.91. The minimum Gasteiger partial charge on any atom is -0.332 e. The SMILES string of the molecule is Cc1ccccc1NC(=O)Cn1nc(-c2nc(-c3cccnc3)no2)ccc1=O. The fourth-order valence-electron chi connectivity index (χ4n) is 2.65. The standard InChI is InChI=1S/C20H16N6O3/c1-13-5-2-3-7-15(13)22-17(27)12-26-18(28)9-8-16(24-26)20-23-19(25-29-20)14-6-4-10-21-11-14/h2-11H,12H2,1H3,(H,22,27). The highest BCUT2D eigenvalue weighted by Gasteiger charge is 2.14. The van der Waals surface area contributed by atoms with Crippen LogP contribution in [-0.4, -0.2) is 30.8 Å². The maximum Gasteiger partial charge on any atom is 0.278 e. The number of nitrogens with zero attached hydrogens (tertiary/aromatic N) is 5. The van der Waals surface area contributed by atoms with Crippen LogP contribution in [0, 0.1) is 6.92 Å². The largest absolute Gasteiger partial charge is 0.332 e. The third kappa shape index (κ3) is 4.08. The van der Waals surface area contributed by atoms with E-state index in [1.807, 2.05) is 25.1 Å². The number of carbonyl (C=O) groups is 1. The predicted molar refractivity (Wildman–Crippen MR) is 105 cm³/mol. The van der Waals surface area contributed by atoms with Crippen LogP contribution in [-0.2, 0) is 11.3 Å². The van der Waals surface area contributed by atoms with Crippen LogP contribution in [0.5, 0.6) is 0 Å². The van der Waals surface area contributed by atoms with E-state index in [1.54, 1.807) is 30.6 Å². The fraction of sp³-hybridized carbons (Fsp3) is 0.100. The van der Waals surface area contributed by atoms with E-state index in [0.717, 1.165) is 10.2 Å². The lowest BCUT2D eigenvalue weighted by Crippen LogP contribution is -2.29. The van der Waals surface area contributed by atoms with Gasteiger partial charge in [-0.2, -0.15) is 10.1 Å². The van der Waals surface area contributed by atoms with Crippen LogP contribution in [0.25, 0.3) is 23.0 Å². The number of carbonyl (C=O) groups excluding carboxylic acids is 1. The molecule has 0 spiro atoms. The molecular formula is C20H16N6O3. The average molecular weight is 388 g/mol. The summed E-state index contributed by atoms with van der Waals surface area (Å²) in [7, 11) is 0. The summed E-state index contributed by atoms with van der Waals surface area (Å²) in [4.78, 5) is 32.8. The van der Waals surface area contributed by atoms with Crippen LogP contribution in [0.1, 0.15) is 5.56 Å². The van der Waals surface area contributed by atoms with Gasteiger partial charge < -0.3 is 9.84 Å². The molecule has 0 saturated heterocycles. The van der Waals surface area contributed by atoms with Gasteiger partial charge in [-0.1, -0.05) is 23.4 Å². The van der Waals surface area contributed by atoms with E-state index in [1.165, 1.54) is 12.1 Å². The molecule has 1 aromatic carbocycles. The van der Waals surface area contributed by atoms with E-state index in [2.05, 4.69) is 25.5 Å². The van der Waals surface area contributed by atoms with Gasteiger partial charge in [-0.15, -0.1) is 0 Å². The van der Waals surface area contributed by atoms with Crippen LogP contribution >= 0.6 is 0 Å². The van der Waals surface area contributed by atoms with E-state index in [0.29, 0.717) is 17.1 Å². The number of nitrogens with one attached hydrogen (secondary N) is 1. The van der Waals surface area contributed by atoms with E-state index >= 15 is 0 Å². The van der Waals surface area contributed by atoms with Crippen LogP contribution in [0.15, 0.2) is 70.2 Å². The van der Waals surface area contributed by atoms with Gasteiger partial charge in [0, 0.05) is 29.7 Å². The summed E-state index contributed by atoms with van der Waals surface area (Å²) in [5, 5.41) is 10.9. The molecule has 4 rings (SSSR count). The Morgan fingerprint density at radius 2 is 2.00 bits per heavy atom. The highest BCUT2D eigenvalue weighted by atomic mass is 16.5. The second-order valence-electron chi connectivity index (χ2n) is 6.24. The predicted octanol–water partition coefficient (Wildman–Crippen LogP) is 2.30. The molecule has 0 bridgehead atoms. The van der Waals surface area contributed by atoms with Crippen molar-refractivity contribution in [1.82, 2.24) is 24.9 Å². The molecule has 1 amide bonds. The van der Waals surface area contributed by atoms with Crippen LogP contribution < -0.4 is 10.9 Å². The van der Waals surface area contributed by atoms with Gasteiger partial charge in [-0.3, -0.25) is 14.6 Å². The maximum absolute atomic E-state index is 12.4. The number of aryl methyl sites for hydroxylation is 1. The average Bonchev–Trinajstić information content (AvgIpc) is 3.22. The van der Waals surface area contributed by atoms with Crippen molar-refractivity contribution in [1.29, 1.82) is 0 Å². The number of aromatic nitrogens is 5. The molecule has 0 aliphatic rings. The molecule has 0 aliphatic carbocycles. The molecule has 9 nitrogen and oxygen atoms in total. The van der Waals surface area contributed by atoms with Gasteiger partial charge in [-0.25, -0.2) is 4.68 Å². The Bertz CT molecular complexity index is 1220. The molecule has 4 aromatic rings. The summed E-state index contributed by atoms with van der Waals surface area (Å²) in [5.74, 6) is 0.120. The van der Waals surface area contributed by atoms with Crippen LogP contribution in [0.3, 0.4) is 0 Å². The van der Waals surface area contributed by atoms with Crippen molar-refractivity contribution in [2.75, 3.05) is 5.32 Å². The summed E-state index contributed by atoms with van der Waals surface area (Å²) in [6.07, 6.45) is 3.25. The molecule has 0 saturated carbocycles. The first-order chi connectivity index (χ1) is 14.1. The number of hydrogen-bond acceptors (Lipinski definition) is 7. The van der Waals surface area contributed by atoms with Gasteiger partial charge in [0.25, 0.3) is 11.4 Å². The first kappa shape index (κ1) is 18.2. The second-order valence-corrected chi connectivity index (χ2v) is 6.24. The molecule has 1 N–H and O–H groups in total. The van der Waals surface area contributed by atoms with Crippen LogP contribution in [0.2, 0.25) is 0 Å². The van der Waals surface area contributed by atoms with Crippen molar-refractivity contribution in [3.05, 3.63) is 76.8 Å². The summed E-state index contributed by atoms with van der Waals surface area (Å²) < 4.78 is 6.30. The topological polar surface area (TPSA) is 116 Å². The van der Waals surface area contributed by atoms with Crippen molar-refractivity contribution >= 4 is 11.6 Å². The first-order valence-corrected chi connectivity index (χ1v) is 8.78. The minimum atomic E-state index is -0.416. The van der Waals surface area contributed by atoms with Crippen LogP contribution in [0.4, 0.5) is 5.69 Å². The number of pyridine rings is 1. The molecule has 3 aromatic heterocycles. The minimum absolute atomic E-state index is 0.136. The summed E-state index contributed by atoms with van der Waals surface area (Å²) >= 11 is 0. The number of benzene rings is 1. The monoisotopic (exact) mass is 388 g/mol. The lowest BCUT2D eigenvalue weighted by atomic mass is 10.2. The third-order valence-corrected chi connectivity index (χ3v) is 4.14. The normalized spacial score (nSPS) is 10.7. The van der Waals surface area contributed by atoms with Gasteiger partial charge in [0.15, 0.2) is 0 Å². The Morgan fingerprint density at radius 3 is 2.79 bits per heavy atom. The molecule has 29 heavy (non-hydrogen) atoms. The number of rotatable bonds is 5. The van der Waals surface area contributed by atoms with Crippen molar-refractivity contribution in [2.45, 2.75) is 13.5 Å². The van der Waals surface area contributed by atoms with E-state index in [4.69, 9.17) is 4.52 Å². The number of anilines is 1. The van der Waals surface area contributed by atoms with E-state index in [-0.39, 0.29) is 24.0 Å². The van der Waals surface area contributed by atoms with Crippen molar-refractivity contribution in [3.8, 4) is 23.0 Å². The Kier molecular flexibility index (Phi) is 4.93. The Balaban J connectivity index is 1.55.